The molecule has 2 amide bonds. The van der Waals surface area contributed by atoms with Crippen LogP contribution in [0.5, 0.6) is 5.75 Å². The van der Waals surface area contributed by atoms with Gasteiger partial charge in [0, 0.05) is 18.0 Å². The number of hydrogen-bond acceptors (Lipinski definition) is 5. The largest absolute Gasteiger partial charge is 0.478 e. The van der Waals surface area contributed by atoms with Crippen molar-refractivity contribution in [3.8, 4) is 5.75 Å². The highest BCUT2D eigenvalue weighted by Crippen LogP contribution is 2.23. The standard InChI is InChI=1S/C29H29ClN2O6/c30-22-11-14-25(24(17-22)29(35)36)31-26(33)18-37-19-27(34)32-15-5-4-8-28(32)38-23-12-9-21(10-13-23)16-20-6-2-1-3-7-20/h1-3,6-7,9-14,17,28H,4-5,8,15-16,18-19H2,(H,31,33)(H,35,36). The van der Waals surface area contributed by atoms with Gasteiger partial charge in [-0.2, -0.15) is 0 Å². The quantitative estimate of drug-likeness (QED) is 0.378. The molecule has 1 aliphatic heterocycles. The van der Waals surface area contributed by atoms with Crippen LogP contribution in [0.3, 0.4) is 0 Å². The average molecular weight is 537 g/mol. The number of amides is 2. The molecule has 8 nitrogen and oxygen atoms in total. The molecule has 1 aliphatic rings. The first kappa shape index (κ1) is 27.2. The van der Waals surface area contributed by atoms with E-state index in [1.54, 1.807) is 4.90 Å². The van der Waals surface area contributed by atoms with Crippen molar-refractivity contribution in [2.45, 2.75) is 31.9 Å². The van der Waals surface area contributed by atoms with E-state index in [0.717, 1.165) is 19.3 Å². The summed E-state index contributed by atoms with van der Waals surface area (Å²) in [4.78, 5) is 38.2. The van der Waals surface area contributed by atoms with Gasteiger partial charge in [-0.3, -0.25) is 9.59 Å². The molecule has 9 heteroatoms. The van der Waals surface area contributed by atoms with E-state index in [0.29, 0.717) is 18.7 Å². The van der Waals surface area contributed by atoms with Gasteiger partial charge in [0.2, 0.25) is 5.91 Å². The minimum atomic E-state index is -1.22. The number of carbonyl (C=O) groups is 3. The normalized spacial score (nSPS) is 15.1. The van der Waals surface area contributed by atoms with Crippen LogP contribution in [0.25, 0.3) is 0 Å². The molecule has 0 aliphatic carbocycles. The van der Waals surface area contributed by atoms with Crippen molar-refractivity contribution in [2.75, 3.05) is 25.1 Å². The van der Waals surface area contributed by atoms with Crippen molar-refractivity contribution < 1.29 is 29.0 Å². The number of aromatic carboxylic acids is 1. The number of nitrogens with one attached hydrogen (secondary N) is 1. The van der Waals surface area contributed by atoms with Gasteiger partial charge in [0.25, 0.3) is 5.91 Å². The smallest absolute Gasteiger partial charge is 0.337 e. The molecule has 1 fully saturated rings. The summed E-state index contributed by atoms with van der Waals surface area (Å²) in [5, 5.41) is 12.0. The Morgan fingerprint density at radius 3 is 2.42 bits per heavy atom. The summed E-state index contributed by atoms with van der Waals surface area (Å²) in [7, 11) is 0. The maximum absolute atomic E-state index is 12.9. The molecular formula is C29H29ClN2O6. The van der Waals surface area contributed by atoms with E-state index in [9.17, 15) is 19.5 Å². The monoisotopic (exact) mass is 536 g/mol. The molecule has 0 radical (unpaired) electrons. The molecule has 1 saturated heterocycles. The van der Waals surface area contributed by atoms with Gasteiger partial charge in [-0.05, 0) is 60.7 Å². The van der Waals surface area contributed by atoms with Crippen LogP contribution in [0.15, 0.2) is 72.8 Å². The number of carboxylic acid groups (broad SMARTS) is 1. The Morgan fingerprint density at radius 2 is 1.68 bits per heavy atom. The summed E-state index contributed by atoms with van der Waals surface area (Å²) in [6.45, 7) is -0.163. The third-order valence-electron chi connectivity index (χ3n) is 6.16. The zero-order valence-corrected chi connectivity index (χ0v) is 21.5. The first-order valence-corrected chi connectivity index (χ1v) is 12.8. The summed E-state index contributed by atoms with van der Waals surface area (Å²) >= 11 is 5.84. The highest BCUT2D eigenvalue weighted by atomic mass is 35.5. The van der Waals surface area contributed by atoms with E-state index >= 15 is 0 Å². The molecule has 0 spiro atoms. The first-order chi connectivity index (χ1) is 18.4. The van der Waals surface area contributed by atoms with Gasteiger partial charge in [-0.15, -0.1) is 0 Å². The lowest BCUT2D eigenvalue weighted by Crippen LogP contribution is -2.48. The predicted molar refractivity (Wildman–Crippen MR) is 144 cm³/mol. The zero-order valence-electron chi connectivity index (χ0n) is 20.8. The fourth-order valence-corrected chi connectivity index (χ4v) is 4.46. The van der Waals surface area contributed by atoms with Crippen molar-refractivity contribution in [3.63, 3.8) is 0 Å². The molecule has 0 bridgehead atoms. The van der Waals surface area contributed by atoms with E-state index in [1.807, 2.05) is 42.5 Å². The lowest BCUT2D eigenvalue weighted by atomic mass is 10.1. The molecule has 1 unspecified atom stereocenters. The number of anilines is 1. The number of carboxylic acids is 1. The van der Waals surface area contributed by atoms with Crippen LogP contribution in [0.4, 0.5) is 5.69 Å². The Hall–Kier alpha value is -3.88. The second-order valence-corrected chi connectivity index (χ2v) is 9.43. The second-order valence-electron chi connectivity index (χ2n) is 9.00. The summed E-state index contributed by atoms with van der Waals surface area (Å²) in [5.74, 6) is -1.39. The Bertz CT molecular complexity index is 1270. The third-order valence-corrected chi connectivity index (χ3v) is 6.39. The van der Waals surface area contributed by atoms with Crippen LogP contribution in [-0.4, -0.2) is 53.8 Å². The van der Waals surface area contributed by atoms with Gasteiger partial charge in [-0.25, -0.2) is 4.79 Å². The number of nitrogens with zero attached hydrogens (tertiary/aromatic N) is 1. The number of piperidine rings is 1. The molecule has 38 heavy (non-hydrogen) atoms. The number of hydrogen-bond donors (Lipinski definition) is 2. The average Bonchev–Trinajstić information content (AvgIpc) is 2.91. The first-order valence-electron chi connectivity index (χ1n) is 12.4. The number of carbonyl (C=O) groups excluding carboxylic acids is 2. The summed E-state index contributed by atoms with van der Waals surface area (Å²) in [5.41, 5.74) is 2.36. The highest BCUT2D eigenvalue weighted by molar-refractivity contribution is 6.31. The molecule has 1 atom stereocenters. The lowest BCUT2D eigenvalue weighted by Gasteiger charge is -2.35. The molecule has 198 valence electrons. The van der Waals surface area contributed by atoms with Gasteiger partial charge in [0.15, 0.2) is 6.23 Å². The number of likely N-dealkylation sites (tertiary alicyclic amines) is 1. The molecular weight excluding hydrogens is 508 g/mol. The third kappa shape index (κ3) is 7.57. The topological polar surface area (TPSA) is 105 Å². The fourth-order valence-electron chi connectivity index (χ4n) is 4.29. The minimum Gasteiger partial charge on any atom is -0.478 e. The van der Waals surface area contributed by atoms with Crippen molar-refractivity contribution in [3.05, 3.63) is 94.5 Å². The minimum absolute atomic E-state index is 0.0982. The van der Waals surface area contributed by atoms with Gasteiger partial charge in [0.05, 0.1) is 11.3 Å². The highest BCUT2D eigenvalue weighted by Gasteiger charge is 2.28. The summed E-state index contributed by atoms with van der Waals surface area (Å²) in [6.07, 6.45) is 2.91. The van der Waals surface area contributed by atoms with Crippen LogP contribution in [0.1, 0.15) is 40.7 Å². The van der Waals surface area contributed by atoms with Crippen LogP contribution in [-0.2, 0) is 20.7 Å². The second kappa shape index (κ2) is 13.1. The molecule has 3 aromatic rings. The van der Waals surface area contributed by atoms with Crippen molar-refractivity contribution in [1.29, 1.82) is 0 Å². The van der Waals surface area contributed by atoms with Gasteiger partial charge in [0.1, 0.15) is 19.0 Å². The van der Waals surface area contributed by atoms with Crippen molar-refractivity contribution in [1.82, 2.24) is 4.90 Å². The molecule has 2 N–H and O–H groups in total. The molecule has 0 aromatic heterocycles. The number of benzene rings is 3. The maximum atomic E-state index is 12.9. The van der Waals surface area contributed by atoms with E-state index in [1.165, 1.54) is 29.3 Å². The zero-order chi connectivity index (χ0) is 26.9. The van der Waals surface area contributed by atoms with Crippen molar-refractivity contribution >= 4 is 35.1 Å². The van der Waals surface area contributed by atoms with Crippen LogP contribution < -0.4 is 10.1 Å². The van der Waals surface area contributed by atoms with E-state index in [-0.39, 0.29) is 28.8 Å². The Labute approximate surface area is 226 Å². The molecule has 1 heterocycles. The van der Waals surface area contributed by atoms with Crippen LogP contribution in [0, 0.1) is 0 Å². The Morgan fingerprint density at radius 1 is 0.947 bits per heavy atom. The van der Waals surface area contributed by atoms with E-state index < -0.39 is 24.7 Å². The van der Waals surface area contributed by atoms with Gasteiger partial charge < -0.3 is 24.8 Å². The van der Waals surface area contributed by atoms with Gasteiger partial charge >= 0.3 is 5.97 Å². The fraction of sp³-hybridized carbons (Fsp3) is 0.276. The van der Waals surface area contributed by atoms with Crippen molar-refractivity contribution in [2.24, 2.45) is 0 Å². The van der Waals surface area contributed by atoms with Gasteiger partial charge in [-0.1, -0.05) is 54.1 Å². The lowest BCUT2D eigenvalue weighted by molar-refractivity contribution is -0.147. The summed E-state index contributed by atoms with van der Waals surface area (Å²) in [6, 6.07) is 22.2. The van der Waals surface area contributed by atoms with Crippen LogP contribution >= 0.6 is 11.6 Å². The molecule has 3 aromatic carbocycles. The number of ether oxygens (including phenoxy) is 2. The summed E-state index contributed by atoms with van der Waals surface area (Å²) < 4.78 is 11.5. The molecule has 0 saturated carbocycles. The predicted octanol–water partition coefficient (Wildman–Crippen LogP) is 5.00. The van der Waals surface area contributed by atoms with E-state index in [4.69, 9.17) is 21.1 Å². The SMILES string of the molecule is O=C(COCC(=O)N1CCCCC1Oc1ccc(Cc2ccccc2)cc1)Nc1ccc(Cl)cc1C(=O)O. The maximum Gasteiger partial charge on any atom is 0.337 e. The van der Waals surface area contributed by atoms with Crippen LogP contribution in [0.2, 0.25) is 5.02 Å². The molecule has 4 rings (SSSR count). The Kier molecular flexibility index (Phi) is 9.35. The number of halogens is 1. The van der Waals surface area contributed by atoms with E-state index in [2.05, 4.69) is 17.4 Å². The Balaban J connectivity index is 1.27. The number of rotatable bonds is 10.